The molecule has 3 N–H and O–H groups in total. The van der Waals surface area contributed by atoms with Crippen LogP contribution in [0.5, 0.6) is 0 Å². The normalized spacial score (nSPS) is 23.6. The van der Waals surface area contributed by atoms with Crippen molar-refractivity contribution < 1.29 is 0 Å². The van der Waals surface area contributed by atoms with E-state index in [1.54, 1.807) is 17.7 Å². The molecule has 0 aliphatic heterocycles. The molecule has 2 heterocycles. The topological polar surface area (TPSA) is 63.8 Å². The third-order valence-electron chi connectivity index (χ3n) is 3.91. The zero-order valence-corrected chi connectivity index (χ0v) is 11.1. The maximum atomic E-state index is 5.82. The maximum absolute atomic E-state index is 5.82. The van der Waals surface area contributed by atoms with Gasteiger partial charge >= 0.3 is 0 Å². The van der Waals surface area contributed by atoms with Crippen LogP contribution in [0.15, 0.2) is 17.8 Å². The molecule has 5 heteroatoms. The molecule has 2 aromatic heterocycles. The Bertz CT molecular complexity index is 524. The van der Waals surface area contributed by atoms with Gasteiger partial charge in [0, 0.05) is 6.54 Å². The average Bonchev–Trinajstić information content (AvgIpc) is 3.04. The van der Waals surface area contributed by atoms with Gasteiger partial charge in [0.05, 0.1) is 5.39 Å². The molecule has 0 radical (unpaired) electrons. The molecule has 1 saturated carbocycles. The van der Waals surface area contributed by atoms with Gasteiger partial charge in [-0.25, -0.2) is 9.97 Å². The van der Waals surface area contributed by atoms with Crippen LogP contribution in [-0.4, -0.2) is 23.1 Å². The summed E-state index contributed by atoms with van der Waals surface area (Å²) >= 11 is 1.65. The SMILES string of the molecule is NCC1CCCC1CNc1ncnc2sccc12. The molecule has 1 fully saturated rings. The molecule has 0 amide bonds. The van der Waals surface area contributed by atoms with Crippen LogP contribution in [0.2, 0.25) is 0 Å². The van der Waals surface area contributed by atoms with Crippen molar-refractivity contribution in [2.75, 3.05) is 18.4 Å². The van der Waals surface area contributed by atoms with E-state index in [0.29, 0.717) is 11.8 Å². The first-order chi connectivity index (χ1) is 8.88. The summed E-state index contributed by atoms with van der Waals surface area (Å²) in [4.78, 5) is 9.65. The number of nitrogens with one attached hydrogen (secondary N) is 1. The molecule has 1 aliphatic carbocycles. The van der Waals surface area contributed by atoms with E-state index in [-0.39, 0.29) is 0 Å². The lowest BCUT2D eigenvalue weighted by Gasteiger charge is -2.18. The Balaban J connectivity index is 1.71. The summed E-state index contributed by atoms with van der Waals surface area (Å²) in [6.45, 7) is 1.79. The fourth-order valence-corrected chi connectivity index (χ4v) is 3.58. The summed E-state index contributed by atoms with van der Waals surface area (Å²) in [6.07, 6.45) is 5.51. The summed E-state index contributed by atoms with van der Waals surface area (Å²) in [7, 11) is 0. The Hall–Kier alpha value is -1.20. The number of hydrogen-bond donors (Lipinski definition) is 2. The van der Waals surface area contributed by atoms with Gasteiger partial charge in [0.2, 0.25) is 0 Å². The molecule has 0 saturated heterocycles. The zero-order valence-electron chi connectivity index (χ0n) is 10.3. The van der Waals surface area contributed by atoms with Gasteiger partial charge in [-0.1, -0.05) is 6.42 Å². The number of thiophene rings is 1. The summed E-state index contributed by atoms with van der Waals surface area (Å²) in [5.41, 5.74) is 5.82. The molecule has 3 rings (SSSR count). The van der Waals surface area contributed by atoms with Crippen molar-refractivity contribution in [1.82, 2.24) is 9.97 Å². The molecule has 0 bridgehead atoms. The largest absolute Gasteiger partial charge is 0.369 e. The Labute approximate surface area is 111 Å². The van der Waals surface area contributed by atoms with Gasteiger partial charge in [-0.15, -0.1) is 11.3 Å². The van der Waals surface area contributed by atoms with Crippen LogP contribution < -0.4 is 11.1 Å². The lowest BCUT2D eigenvalue weighted by Crippen LogP contribution is -2.24. The molecule has 96 valence electrons. The van der Waals surface area contributed by atoms with Crippen LogP contribution in [-0.2, 0) is 0 Å². The number of nitrogens with two attached hydrogens (primary N) is 1. The van der Waals surface area contributed by atoms with Gasteiger partial charge in [-0.3, -0.25) is 0 Å². The first-order valence-corrected chi connectivity index (χ1v) is 7.38. The number of rotatable bonds is 4. The van der Waals surface area contributed by atoms with Crippen LogP contribution in [0.3, 0.4) is 0 Å². The maximum Gasteiger partial charge on any atom is 0.138 e. The fraction of sp³-hybridized carbons (Fsp3) is 0.538. The first kappa shape index (κ1) is 11.9. The summed E-state index contributed by atoms with van der Waals surface area (Å²) in [5, 5.41) is 6.67. The summed E-state index contributed by atoms with van der Waals surface area (Å²) in [5.74, 6) is 2.33. The second-order valence-electron chi connectivity index (χ2n) is 4.93. The smallest absolute Gasteiger partial charge is 0.138 e. The van der Waals surface area contributed by atoms with Crippen LogP contribution in [0.4, 0.5) is 5.82 Å². The third kappa shape index (κ3) is 2.20. The lowest BCUT2D eigenvalue weighted by atomic mass is 9.96. The predicted molar refractivity (Wildman–Crippen MR) is 75.8 cm³/mol. The molecule has 2 aromatic rings. The first-order valence-electron chi connectivity index (χ1n) is 6.50. The molecule has 4 nitrogen and oxygen atoms in total. The highest BCUT2D eigenvalue weighted by molar-refractivity contribution is 7.16. The summed E-state index contributed by atoms with van der Waals surface area (Å²) < 4.78 is 0. The molecule has 0 spiro atoms. The van der Waals surface area contributed by atoms with E-state index in [0.717, 1.165) is 29.1 Å². The van der Waals surface area contributed by atoms with Gasteiger partial charge in [0.15, 0.2) is 0 Å². The molecular formula is C13H18N4S. The minimum Gasteiger partial charge on any atom is -0.369 e. The monoisotopic (exact) mass is 262 g/mol. The molecular weight excluding hydrogens is 244 g/mol. The number of anilines is 1. The van der Waals surface area contributed by atoms with Crippen molar-refractivity contribution in [3.8, 4) is 0 Å². The van der Waals surface area contributed by atoms with Crippen molar-refractivity contribution in [2.45, 2.75) is 19.3 Å². The Morgan fingerprint density at radius 2 is 2.22 bits per heavy atom. The number of aromatic nitrogens is 2. The van der Waals surface area contributed by atoms with Crippen molar-refractivity contribution in [3.63, 3.8) is 0 Å². The minimum atomic E-state index is 0.678. The van der Waals surface area contributed by atoms with Gasteiger partial charge in [-0.05, 0) is 42.7 Å². The average molecular weight is 262 g/mol. The van der Waals surface area contributed by atoms with Crippen LogP contribution in [0, 0.1) is 11.8 Å². The molecule has 2 unspecified atom stereocenters. The van der Waals surface area contributed by atoms with Gasteiger partial charge in [0.1, 0.15) is 17.0 Å². The van der Waals surface area contributed by atoms with E-state index < -0.39 is 0 Å². The van der Waals surface area contributed by atoms with Crippen LogP contribution in [0.1, 0.15) is 19.3 Å². The Kier molecular flexibility index (Phi) is 3.43. The van der Waals surface area contributed by atoms with Crippen molar-refractivity contribution in [2.24, 2.45) is 17.6 Å². The second-order valence-corrected chi connectivity index (χ2v) is 5.82. The van der Waals surface area contributed by atoms with E-state index >= 15 is 0 Å². The van der Waals surface area contributed by atoms with Crippen LogP contribution >= 0.6 is 11.3 Å². The van der Waals surface area contributed by atoms with Gasteiger partial charge < -0.3 is 11.1 Å². The molecule has 0 aromatic carbocycles. The highest BCUT2D eigenvalue weighted by Crippen LogP contribution is 2.31. The van der Waals surface area contributed by atoms with E-state index in [4.69, 9.17) is 5.73 Å². The number of hydrogen-bond acceptors (Lipinski definition) is 5. The summed E-state index contributed by atoms with van der Waals surface area (Å²) in [6, 6.07) is 2.08. The number of fused-ring (bicyclic) bond motifs is 1. The second kappa shape index (κ2) is 5.20. The van der Waals surface area contributed by atoms with Gasteiger partial charge in [0.25, 0.3) is 0 Å². The zero-order chi connectivity index (χ0) is 12.4. The van der Waals surface area contributed by atoms with E-state index in [9.17, 15) is 0 Å². The van der Waals surface area contributed by atoms with E-state index in [1.807, 2.05) is 0 Å². The van der Waals surface area contributed by atoms with E-state index in [2.05, 4.69) is 26.7 Å². The van der Waals surface area contributed by atoms with Crippen molar-refractivity contribution >= 4 is 27.4 Å². The highest BCUT2D eigenvalue weighted by atomic mass is 32.1. The quantitative estimate of drug-likeness (QED) is 0.888. The van der Waals surface area contributed by atoms with Crippen LogP contribution in [0.25, 0.3) is 10.2 Å². The standard InChI is InChI=1S/C13H18N4S/c14-6-9-2-1-3-10(9)7-15-12-11-4-5-18-13(11)17-8-16-12/h4-5,8-10H,1-3,6-7,14H2,(H,15,16,17). The lowest BCUT2D eigenvalue weighted by molar-refractivity contribution is 0.414. The number of nitrogens with zero attached hydrogens (tertiary/aromatic N) is 2. The molecule has 2 atom stereocenters. The predicted octanol–water partition coefficient (Wildman–Crippen LogP) is 2.48. The van der Waals surface area contributed by atoms with Crippen molar-refractivity contribution in [1.29, 1.82) is 0 Å². The minimum absolute atomic E-state index is 0.678. The van der Waals surface area contributed by atoms with E-state index in [1.165, 1.54) is 19.3 Å². The third-order valence-corrected chi connectivity index (χ3v) is 4.73. The molecule has 1 aliphatic rings. The highest BCUT2D eigenvalue weighted by Gasteiger charge is 2.25. The Morgan fingerprint density at radius 3 is 3.11 bits per heavy atom. The Morgan fingerprint density at radius 1 is 1.33 bits per heavy atom. The molecule has 18 heavy (non-hydrogen) atoms. The fourth-order valence-electron chi connectivity index (χ4n) is 2.85. The van der Waals surface area contributed by atoms with Gasteiger partial charge in [-0.2, -0.15) is 0 Å². The van der Waals surface area contributed by atoms with Crippen molar-refractivity contribution in [3.05, 3.63) is 17.8 Å².